The Balaban J connectivity index is 0.997. The maximum atomic E-state index is 13.8. The Labute approximate surface area is 350 Å². The minimum atomic E-state index is -0.613. The Bertz CT molecular complexity index is 2270. The number of aromatic nitrogens is 4. The fourth-order valence-electron chi connectivity index (χ4n) is 8.66. The number of imidazole rings is 2. The minimum absolute atomic E-state index is 0.0348. The first-order valence-electron chi connectivity index (χ1n) is 20.5. The zero-order chi connectivity index (χ0) is 42.2. The summed E-state index contributed by atoms with van der Waals surface area (Å²) in [5, 5.41) is 6.41. The van der Waals surface area contributed by atoms with Crippen LogP contribution in [0.15, 0.2) is 36.4 Å². The molecule has 0 bridgehead atoms. The summed E-state index contributed by atoms with van der Waals surface area (Å²) in [4.78, 5) is 65.6. The lowest BCUT2D eigenvalue weighted by atomic mass is 9.80. The van der Waals surface area contributed by atoms with Crippen molar-refractivity contribution in [2.24, 2.45) is 25.9 Å². The molecule has 4 heterocycles. The van der Waals surface area contributed by atoms with Crippen molar-refractivity contribution in [2.75, 3.05) is 37.4 Å². The Morgan fingerprint density at radius 3 is 2.02 bits per heavy atom. The smallest absolute Gasteiger partial charge is 0.410 e. The van der Waals surface area contributed by atoms with Gasteiger partial charge in [-0.1, -0.05) is 35.9 Å². The van der Waals surface area contributed by atoms with Crippen LogP contribution in [0, 0.1) is 18.8 Å². The largest absolute Gasteiger partial charge is 0.469 e. The quantitative estimate of drug-likeness (QED) is 0.166. The molecule has 3 amide bonds. The van der Waals surface area contributed by atoms with Gasteiger partial charge in [0.1, 0.15) is 5.60 Å². The maximum Gasteiger partial charge on any atom is 0.410 e. The van der Waals surface area contributed by atoms with Crippen LogP contribution >= 0.6 is 11.6 Å². The molecule has 0 atom stereocenters. The van der Waals surface area contributed by atoms with Gasteiger partial charge >= 0.3 is 12.1 Å². The van der Waals surface area contributed by atoms with E-state index in [2.05, 4.69) is 20.5 Å². The number of rotatable bonds is 9. The van der Waals surface area contributed by atoms with Crippen LogP contribution in [0.25, 0.3) is 11.1 Å². The molecule has 1 saturated carbocycles. The topological polar surface area (TPSA) is 153 Å². The molecule has 4 aromatic rings. The predicted octanol–water partition coefficient (Wildman–Crippen LogP) is 7.31. The fraction of sp³-hybridized carbons (Fsp3) is 0.500. The summed E-state index contributed by atoms with van der Waals surface area (Å²) in [6, 6.07) is 11.1. The van der Waals surface area contributed by atoms with E-state index >= 15 is 0 Å². The number of amides is 3. The molecule has 2 aromatic carbocycles. The standard InChI is InChI=1S/C44H55ClN8O6/c1-26-29(10-8-12-31(26)48-40(54)38-47-34-25-53(23-20-36(34)51(38)6)43(57)59-44(2,3)4)30-11-9-13-32(37(30)45)49-41(55)39-46-33-24-52(22-19-35(33)50(39)5)21-18-27-14-16-28(17-15-27)42(56)58-7/h8-13,27-28H,14-25H2,1-7H3,(H,48,54)(H,49,55). The number of fused-ring (bicyclic) bond motifs is 2. The highest BCUT2D eigenvalue weighted by Gasteiger charge is 2.32. The van der Waals surface area contributed by atoms with Crippen LogP contribution in [0.3, 0.4) is 0 Å². The van der Waals surface area contributed by atoms with Crippen LogP contribution in [0.2, 0.25) is 5.02 Å². The van der Waals surface area contributed by atoms with E-state index < -0.39 is 11.7 Å². The average molecular weight is 827 g/mol. The highest BCUT2D eigenvalue weighted by molar-refractivity contribution is 6.36. The van der Waals surface area contributed by atoms with Crippen molar-refractivity contribution >= 4 is 46.9 Å². The van der Waals surface area contributed by atoms with E-state index in [1.54, 1.807) is 15.5 Å². The first kappa shape index (κ1) is 41.9. The van der Waals surface area contributed by atoms with Crippen LogP contribution in [0.4, 0.5) is 16.2 Å². The zero-order valence-corrected chi connectivity index (χ0v) is 35.9. The van der Waals surface area contributed by atoms with Crippen LogP contribution in [-0.2, 0) is 54.3 Å². The van der Waals surface area contributed by atoms with Gasteiger partial charge in [-0.15, -0.1) is 0 Å². The Morgan fingerprint density at radius 1 is 0.814 bits per heavy atom. The first-order valence-corrected chi connectivity index (χ1v) is 20.9. The molecule has 0 spiro atoms. The monoisotopic (exact) mass is 826 g/mol. The molecule has 2 aromatic heterocycles. The van der Waals surface area contributed by atoms with Gasteiger partial charge < -0.3 is 34.1 Å². The van der Waals surface area contributed by atoms with Crippen molar-refractivity contribution in [1.29, 1.82) is 0 Å². The lowest BCUT2D eigenvalue weighted by Crippen LogP contribution is -2.40. The zero-order valence-electron chi connectivity index (χ0n) is 35.1. The minimum Gasteiger partial charge on any atom is -0.469 e. The summed E-state index contributed by atoms with van der Waals surface area (Å²) >= 11 is 7.03. The van der Waals surface area contributed by atoms with E-state index in [0.717, 1.165) is 79.8 Å². The molecule has 59 heavy (non-hydrogen) atoms. The summed E-state index contributed by atoms with van der Waals surface area (Å²) in [5.41, 5.74) is 6.26. The van der Waals surface area contributed by atoms with Gasteiger partial charge in [0, 0.05) is 69.2 Å². The molecule has 0 radical (unpaired) electrons. The molecule has 7 rings (SSSR count). The lowest BCUT2D eigenvalue weighted by Gasteiger charge is -2.31. The number of nitrogens with one attached hydrogen (secondary N) is 2. The normalized spacial score (nSPS) is 18.1. The summed E-state index contributed by atoms with van der Waals surface area (Å²) in [5.74, 6) is 0.400. The van der Waals surface area contributed by atoms with Gasteiger partial charge in [-0.05, 0) is 95.5 Å². The number of methoxy groups -OCH3 is 1. The Hall–Kier alpha value is -5.21. The molecule has 2 N–H and O–H groups in total. The number of hydrogen-bond acceptors (Lipinski definition) is 9. The van der Waals surface area contributed by atoms with E-state index in [-0.39, 0.29) is 36.1 Å². The van der Waals surface area contributed by atoms with E-state index in [1.807, 2.05) is 76.7 Å². The lowest BCUT2D eigenvalue weighted by molar-refractivity contribution is -0.146. The third-order valence-corrected chi connectivity index (χ3v) is 12.4. The van der Waals surface area contributed by atoms with Crippen molar-refractivity contribution in [3.63, 3.8) is 0 Å². The van der Waals surface area contributed by atoms with Gasteiger partial charge in [0.05, 0.1) is 41.7 Å². The van der Waals surface area contributed by atoms with Crippen molar-refractivity contribution < 1.29 is 28.7 Å². The van der Waals surface area contributed by atoms with Crippen molar-refractivity contribution in [2.45, 2.75) is 91.3 Å². The number of esters is 1. The number of anilines is 2. The predicted molar refractivity (Wildman–Crippen MR) is 225 cm³/mol. The summed E-state index contributed by atoms with van der Waals surface area (Å²) in [7, 11) is 5.16. The highest BCUT2D eigenvalue weighted by atomic mass is 35.5. The molecule has 3 aliphatic rings. The van der Waals surface area contributed by atoms with Gasteiger partial charge in [-0.25, -0.2) is 14.8 Å². The van der Waals surface area contributed by atoms with Crippen LogP contribution in [0.5, 0.6) is 0 Å². The molecule has 15 heteroatoms. The van der Waals surface area contributed by atoms with E-state index in [9.17, 15) is 19.2 Å². The van der Waals surface area contributed by atoms with E-state index in [4.69, 9.17) is 26.1 Å². The van der Waals surface area contributed by atoms with E-state index in [1.165, 1.54) is 7.11 Å². The van der Waals surface area contributed by atoms with Crippen LogP contribution < -0.4 is 10.6 Å². The summed E-state index contributed by atoms with van der Waals surface area (Å²) in [6.07, 6.45) is 5.91. The van der Waals surface area contributed by atoms with E-state index in [0.29, 0.717) is 58.9 Å². The van der Waals surface area contributed by atoms with Gasteiger partial charge in [0.25, 0.3) is 11.8 Å². The van der Waals surface area contributed by atoms with Gasteiger partial charge in [0.15, 0.2) is 11.6 Å². The first-order chi connectivity index (χ1) is 28.1. The summed E-state index contributed by atoms with van der Waals surface area (Å²) in [6.45, 7) is 10.7. The van der Waals surface area contributed by atoms with Gasteiger partial charge in [-0.2, -0.15) is 0 Å². The Morgan fingerprint density at radius 2 is 1.39 bits per heavy atom. The number of nitrogens with zero attached hydrogens (tertiary/aromatic N) is 6. The van der Waals surface area contributed by atoms with Crippen molar-refractivity contribution in [3.05, 3.63) is 81.4 Å². The second kappa shape index (κ2) is 17.2. The van der Waals surface area contributed by atoms with Gasteiger partial charge in [0.2, 0.25) is 0 Å². The molecular formula is C44H55ClN8O6. The number of carbonyl (C=O) groups is 4. The molecule has 2 aliphatic heterocycles. The van der Waals surface area contributed by atoms with Crippen LogP contribution in [-0.4, -0.2) is 85.1 Å². The number of ether oxygens (including phenoxy) is 2. The number of carbonyl (C=O) groups excluding carboxylic acids is 4. The molecular weight excluding hydrogens is 772 g/mol. The Kier molecular flexibility index (Phi) is 12.2. The number of halogens is 1. The number of hydrogen-bond donors (Lipinski definition) is 2. The van der Waals surface area contributed by atoms with Crippen molar-refractivity contribution in [1.82, 2.24) is 28.9 Å². The molecule has 0 unspecified atom stereocenters. The molecule has 14 nitrogen and oxygen atoms in total. The molecule has 0 saturated heterocycles. The average Bonchev–Trinajstić information content (AvgIpc) is 3.73. The fourth-order valence-corrected chi connectivity index (χ4v) is 8.94. The third kappa shape index (κ3) is 9.03. The second-order valence-corrected chi connectivity index (χ2v) is 17.4. The second-order valence-electron chi connectivity index (χ2n) is 17.0. The number of benzene rings is 2. The van der Waals surface area contributed by atoms with Crippen LogP contribution in [0.1, 0.15) is 102 Å². The van der Waals surface area contributed by atoms with Gasteiger partial charge in [-0.3, -0.25) is 19.3 Å². The van der Waals surface area contributed by atoms with Crippen molar-refractivity contribution in [3.8, 4) is 11.1 Å². The maximum absolute atomic E-state index is 13.8. The molecule has 1 aliphatic carbocycles. The summed E-state index contributed by atoms with van der Waals surface area (Å²) < 4.78 is 14.2. The SMILES string of the molecule is COC(=O)C1CCC(CCN2CCc3c(nc(C(=O)Nc4cccc(-c5cccc(NC(=O)c6nc7c(n6C)CCN(C(=O)OC(C)(C)C)C7)c5C)c4Cl)n3C)C2)CC1. The highest BCUT2D eigenvalue weighted by Crippen LogP contribution is 2.38. The molecule has 314 valence electrons. The third-order valence-electron chi connectivity index (χ3n) is 12.0. The molecule has 1 fully saturated rings.